The van der Waals surface area contributed by atoms with Gasteiger partial charge in [0.25, 0.3) is 5.91 Å². The summed E-state index contributed by atoms with van der Waals surface area (Å²) in [4.78, 5) is 55.1. The van der Waals surface area contributed by atoms with Gasteiger partial charge in [-0.3, -0.25) is 14.4 Å². The predicted molar refractivity (Wildman–Crippen MR) is 183 cm³/mol. The minimum Gasteiger partial charge on any atom is -0.444 e. The monoisotopic (exact) mass is 630 g/mol. The summed E-state index contributed by atoms with van der Waals surface area (Å²) in [5.41, 5.74) is 6.78. The molecule has 3 aromatic carbocycles. The largest absolute Gasteiger partial charge is 0.444 e. The van der Waals surface area contributed by atoms with Crippen LogP contribution >= 0.6 is 0 Å². The fourth-order valence-electron chi connectivity index (χ4n) is 5.44. The van der Waals surface area contributed by atoms with Crippen LogP contribution in [0.15, 0.2) is 66.7 Å². The highest BCUT2D eigenvalue weighted by molar-refractivity contribution is 6.00. The normalized spacial score (nSPS) is 12.6. The van der Waals surface area contributed by atoms with Crippen LogP contribution in [0.5, 0.6) is 0 Å². The molecule has 0 saturated carbocycles. The Hall–Kier alpha value is -4.40. The molecule has 2 atom stereocenters. The van der Waals surface area contributed by atoms with Crippen LogP contribution in [0, 0.1) is 6.92 Å². The first-order chi connectivity index (χ1) is 21.9. The van der Waals surface area contributed by atoms with Gasteiger partial charge < -0.3 is 26.0 Å². The number of rotatable bonds is 16. The van der Waals surface area contributed by atoms with Crippen molar-refractivity contribution in [2.45, 2.75) is 104 Å². The van der Waals surface area contributed by atoms with E-state index in [0.29, 0.717) is 17.7 Å². The third kappa shape index (κ3) is 11.2. The number of unbranched alkanes of at least 4 members (excludes halogenated alkanes) is 5. The minimum absolute atomic E-state index is 0.0345. The first-order valence-corrected chi connectivity index (χ1v) is 16.3. The third-order valence-corrected chi connectivity index (χ3v) is 7.76. The second-order valence-corrected chi connectivity index (χ2v) is 12.8. The van der Waals surface area contributed by atoms with Gasteiger partial charge >= 0.3 is 6.09 Å². The van der Waals surface area contributed by atoms with Crippen molar-refractivity contribution in [1.82, 2.24) is 10.2 Å². The Bertz CT molecular complexity index is 1480. The molecule has 46 heavy (non-hydrogen) atoms. The Morgan fingerprint density at radius 2 is 1.52 bits per heavy atom. The van der Waals surface area contributed by atoms with Crippen LogP contribution < -0.4 is 16.4 Å². The van der Waals surface area contributed by atoms with Crippen molar-refractivity contribution >= 4 is 40.3 Å². The zero-order valence-electron chi connectivity index (χ0n) is 27.9. The molecule has 0 aliphatic carbocycles. The van der Waals surface area contributed by atoms with Crippen molar-refractivity contribution in [3.05, 3.63) is 77.9 Å². The van der Waals surface area contributed by atoms with Crippen LogP contribution in [0.4, 0.5) is 10.5 Å². The smallest absolute Gasteiger partial charge is 0.408 e. The number of alkyl carbamates (subject to hydrolysis) is 1. The number of fused-ring (bicyclic) bond motifs is 1. The van der Waals surface area contributed by atoms with E-state index in [1.807, 2.05) is 73.7 Å². The summed E-state index contributed by atoms with van der Waals surface area (Å²) in [6.07, 6.45) is 4.94. The summed E-state index contributed by atoms with van der Waals surface area (Å²) < 4.78 is 5.45. The maximum absolute atomic E-state index is 14.5. The molecule has 0 radical (unpaired) electrons. The zero-order chi connectivity index (χ0) is 33.7. The van der Waals surface area contributed by atoms with Crippen molar-refractivity contribution < 1.29 is 23.9 Å². The highest BCUT2D eigenvalue weighted by Gasteiger charge is 2.37. The standard InChI is InChI=1S/C37H50N4O5/c1-6-7-8-9-10-15-24-41(35(44)31(22-23-32(38)42)40-36(45)46-37(3,4)5)33(30-19-14-11-16-26(30)2)34(43)39-29-21-20-27-17-12-13-18-28(27)25-29/h11-14,16-21,25,31,33H,6-10,15,22-24H2,1-5H3,(H2,38,42)(H,39,43)(H,40,45). The molecule has 4 N–H and O–H groups in total. The average Bonchev–Trinajstić information content (AvgIpc) is 2.99. The second-order valence-electron chi connectivity index (χ2n) is 12.8. The van der Waals surface area contributed by atoms with Crippen LogP contribution in [0.2, 0.25) is 0 Å². The van der Waals surface area contributed by atoms with E-state index in [-0.39, 0.29) is 25.3 Å². The van der Waals surface area contributed by atoms with E-state index in [1.54, 1.807) is 25.7 Å². The minimum atomic E-state index is -1.14. The number of hydrogen-bond acceptors (Lipinski definition) is 5. The lowest BCUT2D eigenvalue weighted by atomic mass is 9.97. The van der Waals surface area contributed by atoms with E-state index < -0.39 is 35.6 Å². The zero-order valence-corrected chi connectivity index (χ0v) is 27.9. The lowest BCUT2D eigenvalue weighted by molar-refractivity contribution is -0.141. The van der Waals surface area contributed by atoms with Gasteiger partial charge in [-0.25, -0.2) is 4.79 Å². The van der Waals surface area contributed by atoms with E-state index in [4.69, 9.17) is 10.5 Å². The molecule has 9 nitrogen and oxygen atoms in total. The Morgan fingerprint density at radius 1 is 0.870 bits per heavy atom. The van der Waals surface area contributed by atoms with E-state index >= 15 is 0 Å². The van der Waals surface area contributed by atoms with E-state index in [1.165, 1.54) is 0 Å². The van der Waals surface area contributed by atoms with Crippen molar-refractivity contribution in [2.24, 2.45) is 5.73 Å². The van der Waals surface area contributed by atoms with Crippen LogP contribution in [0.3, 0.4) is 0 Å². The van der Waals surface area contributed by atoms with E-state index in [0.717, 1.165) is 48.4 Å². The number of hydrogen-bond donors (Lipinski definition) is 3. The van der Waals surface area contributed by atoms with Crippen LogP contribution in [-0.4, -0.2) is 46.9 Å². The highest BCUT2D eigenvalue weighted by atomic mass is 16.6. The Labute approximate surface area is 273 Å². The molecule has 3 aromatic rings. The number of anilines is 1. The van der Waals surface area contributed by atoms with Gasteiger partial charge in [0, 0.05) is 18.7 Å². The maximum Gasteiger partial charge on any atom is 0.408 e. The summed E-state index contributed by atoms with van der Waals surface area (Å²) in [7, 11) is 0. The SMILES string of the molecule is CCCCCCCCN(C(=O)C(CCC(N)=O)NC(=O)OC(C)(C)C)C(C(=O)Nc1ccc2ccccc2c1)c1ccccc1C. The van der Waals surface area contributed by atoms with Crippen molar-refractivity contribution in [1.29, 1.82) is 0 Å². The quantitative estimate of drug-likeness (QED) is 0.144. The average molecular weight is 631 g/mol. The first-order valence-electron chi connectivity index (χ1n) is 16.3. The summed E-state index contributed by atoms with van der Waals surface area (Å²) in [6.45, 7) is 9.51. The Morgan fingerprint density at radius 3 is 2.20 bits per heavy atom. The molecule has 0 spiro atoms. The van der Waals surface area contributed by atoms with Crippen LogP contribution in [0.25, 0.3) is 10.8 Å². The van der Waals surface area contributed by atoms with Crippen LogP contribution in [-0.2, 0) is 19.1 Å². The fraction of sp³-hybridized carbons (Fsp3) is 0.459. The highest BCUT2D eigenvalue weighted by Crippen LogP contribution is 2.29. The van der Waals surface area contributed by atoms with Gasteiger partial charge in [-0.1, -0.05) is 93.6 Å². The van der Waals surface area contributed by atoms with Gasteiger partial charge in [0.2, 0.25) is 11.8 Å². The number of primary amides is 1. The number of carbonyl (C=O) groups excluding carboxylic acids is 4. The molecule has 4 amide bonds. The van der Waals surface area contributed by atoms with Crippen molar-refractivity contribution in [3.63, 3.8) is 0 Å². The van der Waals surface area contributed by atoms with E-state index in [2.05, 4.69) is 17.6 Å². The number of benzene rings is 3. The molecular weight excluding hydrogens is 580 g/mol. The number of nitrogens with zero attached hydrogens (tertiary/aromatic N) is 1. The molecule has 0 aromatic heterocycles. The van der Waals surface area contributed by atoms with Gasteiger partial charge in [0.1, 0.15) is 17.7 Å². The second kappa shape index (κ2) is 17.3. The molecule has 3 rings (SSSR count). The number of amides is 4. The Balaban J connectivity index is 2.03. The van der Waals surface area contributed by atoms with E-state index in [9.17, 15) is 19.2 Å². The lowest BCUT2D eigenvalue weighted by Gasteiger charge is -2.35. The fourth-order valence-corrected chi connectivity index (χ4v) is 5.44. The van der Waals surface area contributed by atoms with Gasteiger partial charge in [0.15, 0.2) is 0 Å². The summed E-state index contributed by atoms with van der Waals surface area (Å²) in [6, 6.07) is 18.9. The molecule has 0 bridgehead atoms. The molecule has 248 valence electrons. The summed E-state index contributed by atoms with van der Waals surface area (Å²) in [5.74, 6) is -1.46. The van der Waals surface area contributed by atoms with Gasteiger partial charge in [-0.2, -0.15) is 0 Å². The Kier molecular flexibility index (Phi) is 13.6. The number of aryl methyl sites for hydroxylation is 1. The number of nitrogens with two attached hydrogens (primary N) is 1. The third-order valence-electron chi connectivity index (χ3n) is 7.76. The van der Waals surface area contributed by atoms with Gasteiger partial charge in [0.05, 0.1) is 0 Å². The number of nitrogens with one attached hydrogen (secondary N) is 2. The lowest BCUT2D eigenvalue weighted by Crippen LogP contribution is -2.53. The number of ether oxygens (including phenoxy) is 1. The molecule has 0 aliphatic rings. The topological polar surface area (TPSA) is 131 Å². The van der Waals surface area contributed by atoms with Crippen molar-refractivity contribution in [3.8, 4) is 0 Å². The van der Waals surface area contributed by atoms with Gasteiger partial charge in [-0.15, -0.1) is 0 Å². The molecule has 0 fully saturated rings. The molecule has 0 heterocycles. The van der Waals surface area contributed by atoms with Crippen LogP contribution in [0.1, 0.15) is 96.2 Å². The predicted octanol–water partition coefficient (Wildman–Crippen LogP) is 7.18. The van der Waals surface area contributed by atoms with Gasteiger partial charge in [-0.05, 0) is 74.6 Å². The van der Waals surface area contributed by atoms with Crippen molar-refractivity contribution in [2.75, 3.05) is 11.9 Å². The molecule has 9 heteroatoms. The summed E-state index contributed by atoms with van der Waals surface area (Å²) in [5, 5.41) is 7.74. The number of carbonyl (C=O) groups is 4. The maximum atomic E-state index is 14.5. The molecule has 0 saturated heterocycles. The molecular formula is C37H50N4O5. The first kappa shape index (κ1) is 36.1. The molecule has 2 unspecified atom stereocenters. The summed E-state index contributed by atoms with van der Waals surface area (Å²) >= 11 is 0. The molecule has 0 aliphatic heterocycles.